The molecule has 0 fully saturated rings. The van der Waals surface area contributed by atoms with Gasteiger partial charge in [0.25, 0.3) is 0 Å². The Labute approximate surface area is 107 Å². The molecule has 0 aromatic heterocycles. The van der Waals surface area contributed by atoms with E-state index in [9.17, 15) is 9.90 Å². The first-order valence-electron chi connectivity index (χ1n) is 4.46. The Bertz CT molecular complexity index is 447. The first-order chi connectivity index (χ1) is 7.61. The summed E-state index contributed by atoms with van der Waals surface area (Å²) >= 11 is 2.00. The van der Waals surface area contributed by atoms with Gasteiger partial charge in [-0.3, -0.25) is 9.79 Å². The lowest BCUT2D eigenvalue weighted by Crippen LogP contribution is -1.87. The predicted octanol–water partition coefficient (Wildman–Crippen LogP) is 2.54. The number of allylic oxidation sites excluding steroid dienone is 3. The second kappa shape index (κ2) is 6.22. The number of rotatable bonds is 4. The molecule has 0 saturated carbocycles. The summed E-state index contributed by atoms with van der Waals surface area (Å²) in [6, 6.07) is 6.13. The summed E-state index contributed by atoms with van der Waals surface area (Å²) in [6.07, 6.45) is 4.22. The van der Waals surface area contributed by atoms with Crippen LogP contribution in [0.3, 0.4) is 0 Å². The number of carbonyl (C=O) groups is 1. The lowest BCUT2D eigenvalue weighted by atomic mass is 10.3. The second-order valence-corrected chi connectivity index (χ2v) is 4.13. The van der Waals surface area contributed by atoms with E-state index in [0.29, 0.717) is 9.27 Å². The molecule has 1 rings (SSSR count). The summed E-state index contributed by atoms with van der Waals surface area (Å²) in [5.74, 6) is -0.211. The van der Waals surface area contributed by atoms with E-state index >= 15 is 0 Å². The Hall–Kier alpha value is -1.43. The van der Waals surface area contributed by atoms with Gasteiger partial charge in [-0.05, 0) is 40.8 Å². The van der Waals surface area contributed by atoms with Crippen molar-refractivity contribution >= 4 is 40.3 Å². The van der Waals surface area contributed by atoms with Crippen molar-refractivity contribution in [1.82, 2.24) is 0 Å². The molecule has 82 valence electrons. The van der Waals surface area contributed by atoms with Crippen molar-refractivity contribution in [2.75, 3.05) is 0 Å². The van der Waals surface area contributed by atoms with Crippen LogP contribution in [0, 0.1) is 0 Å². The minimum Gasteiger partial charge on any atom is -0.872 e. The molecule has 0 amide bonds. The highest BCUT2D eigenvalue weighted by molar-refractivity contribution is 14.1. The Morgan fingerprint density at radius 2 is 2.00 bits per heavy atom. The van der Waals surface area contributed by atoms with Crippen LogP contribution in [0.4, 0.5) is 5.69 Å². The van der Waals surface area contributed by atoms with Crippen LogP contribution < -0.4 is 5.11 Å². The molecule has 1 aromatic rings. The summed E-state index contributed by atoms with van der Waals surface area (Å²) in [5.41, 5.74) is 0.674. The molecular weight excluding hydrogens is 317 g/mol. The number of aliphatic imine (C=N–C) groups is 1. The predicted molar refractivity (Wildman–Crippen MR) is 71.3 cm³/mol. The number of hydrogen-bond acceptors (Lipinski definition) is 3. The zero-order valence-corrected chi connectivity index (χ0v) is 10.5. The molecule has 0 saturated heterocycles. The molecule has 0 N–H and O–H groups in total. The van der Waals surface area contributed by atoms with E-state index in [1.807, 2.05) is 22.6 Å². The van der Waals surface area contributed by atoms with Crippen LogP contribution in [0.15, 0.2) is 51.6 Å². The third-order valence-electron chi connectivity index (χ3n) is 1.66. The molecule has 0 atom stereocenters. The second-order valence-electron chi connectivity index (χ2n) is 2.89. The summed E-state index contributed by atoms with van der Waals surface area (Å²) in [4.78, 5) is 15.1. The minimum absolute atomic E-state index is 0.0500. The third kappa shape index (κ3) is 4.39. The van der Waals surface area contributed by atoms with Crippen molar-refractivity contribution < 1.29 is 9.90 Å². The molecule has 0 aliphatic carbocycles. The van der Waals surface area contributed by atoms with Gasteiger partial charge < -0.3 is 5.11 Å². The minimum atomic E-state index is -0.161. The molecule has 1 aromatic carbocycles. The van der Waals surface area contributed by atoms with E-state index in [-0.39, 0.29) is 11.5 Å². The number of ketones is 1. The molecule has 0 aliphatic rings. The van der Waals surface area contributed by atoms with Gasteiger partial charge in [-0.25, -0.2) is 0 Å². The van der Waals surface area contributed by atoms with Gasteiger partial charge in [0.1, 0.15) is 0 Å². The molecule has 0 heterocycles. The molecular formula is C12H9INO2-. The average molecular weight is 326 g/mol. The van der Waals surface area contributed by atoms with E-state index in [4.69, 9.17) is 0 Å². The summed E-state index contributed by atoms with van der Waals surface area (Å²) < 4.78 is 0.702. The molecule has 3 nitrogen and oxygen atoms in total. The van der Waals surface area contributed by atoms with Crippen LogP contribution in [0.25, 0.3) is 0 Å². The van der Waals surface area contributed by atoms with Gasteiger partial charge in [0.15, 0.2) is 5.78 Å². The van der Waals surface area contributed by atoms with Gasteiger partial charge in [-0.1, -0.05) is 18.7 Å². The van der Waals surface area contributed by atoms with Gasteiger partial charge in [0.05, 0.1) is 5.69 Å². The summed E-state index contributed by atoms with van der Waals surface area (Å²) in [6.45, 7) is 3.36. The van der Waals surface area contributed by atoms with E-state index in [2.05, 4.69) is 11.6 Å². The maximum atomic E-state index is 11.0. The fourth-order valence-corrected chi connectivity index (χ4v) is 1.35. The molecule has 0 unspecified atom stereocenters. The van der Waals surface area contributed by atoms with E-state index in [1.165, 1.54) is 24.3 Å². The molecule has 16 heavy (non-hydrogen) atoms. The zero-order chi connectivity index (χ0) is 12.0. The average Bonchev–Trinajstić information content (AvgIpc) is 2.28. The van der Waals surface area contributed by atoms with E-state index < -0.39 is 0 Å². The molecule has 0 radical (unpaired) electrons. The smallest absolute Gasteiger partial charge is 0.179 e. The van der Waals surface area contributed by atoms with Crippen LogP contribution in [0.5, 0.6) is 5.75 Å². The SMILES string of the molecule is C=CC(=O)/C=C(\I)C=Nc1ccc([O-])cc1. The maximum Gasteiger partial charge on any atom is 0.179 e. The summed E-state index contributed by atoms with van der Waals surface area (Å²) in [7, 11) is 0. The highest BCUT2D eigenvalue weighted by Crippen LogP contribution is 2.15. The number of benzene rings is 1. The van der Waals surface area contributed by atoms with Gasteiger partial charge in [-0.2, -0.15) is 0 Å². The van der Waals surface area contributed by atoms with Crippen LogP contribution >= 0.6 is 22.6 Å². The first kappa shape index (κ1) is 12.6. The zero-order valence-electron chi connectivity index (χ0n) is 8.39. The first-order valence-corrected chi connectivity index (χ1v) is 5.54. The maximum absolute atomic E-state index is 11.0. The van der Waals surface area contributed by atoms with Gasteiger partial charge in [0, 0.05) is 15.9 Å². The van der Waals surface area contributed by atoms with Crippen LogP contribution in [0.2, 0.25) is 0 Å². The number of carbonyl (C=O) groups excluding carboxylic acids is 1. The highest BCUT2D eigenvalue weighted by atomic mass is 127. The topological polar surface area (TPSA) is 52.5 Å². The van der Waals surface area contributed by atoms with Crippen molar-refractivity contribution in [2.24, 2.45) is 4.99 Å². The standard InChI is InChI=1S/C12H10INO2/c1-2-11(15)7-9(13)8-14-10-3-5-12(16)6-4-10/h2-8,16H,1H2/p-1/b9-7-,14-8?. The lowest BCUT2D eigenvalue weighted by molar-refractivity contribution is -0.268. The van der Waals surface area contributed by atoms with E-state index in [0.717, 1.165) is 0 Å². The highest BCUT2D eigenvalue weighted by Gasteiger charge is 1.91. The van der Waals surface area contributed by atoms with Crippen molar-refractivity contribution in [2.45, 2.75) is 0 Å². The normalized spacial score (nSPS) is 11.7. The summed E-state index contributed by atoms with van der Waals surface area (Å²) in [5, 5.41) is 10.8. The van der Waals surface area contributed by atoms with Gasteiger partial charge >= 0.3 is 0 Å². The Morgan fingerprint density at radius 1 is 1.38 bits per heavy atom. The van der Waals surface area contributed by atoms with E-state index in [1.54, 1.807) is 18.3 Å². The lowest BCUT2D eigenvalue weighted by Gasteiger charge is -2.02. The van der Waals surface area contributed by atoms with Gasteiger partial charge in [0.2, 0.25) is 0 Å². The van der Waals surface area contributed by atoms with Crippen molar-refractivity contribution in [1.29, 1.82) is 0 Å². The molecule has 0 bridgehead atoms. The largest absolute Gasteiger partial charge is 0.872 e. The van der Waals surface area contributed by atoms with Crippen LogP contribution in [0.1, 0.15) is 0 Å². The monoisotopic (exact) mass is 326 g/mol. The van der Waals surface area contributed by atoms with Crippen molar-refractivity contribution in [3.63, 3.8) is 0 Å². The molecule has 0 aliphatic heterocycles. The van der Waals surface area contributed by atoms with Gasteiger partial charge in [-0.15, -0.1) is 5.75 Å². The number of nitrogens with zero attached hydrogens (tertiary/aromatic N) is 1. The van der Waals surface area contributed by atoms with Crippen LogP contribution in [-0.4, -0.2) is 12.0 Å². The van der Waals surface area contributed by atoms with Crippen LogP contribution in [-0.2, 0) is 4.79 Å². The third-order valence-corrected chi connectivity index (χ3v) is 2.24. The molecule has 4 heteroatoms. The number of halogens is 1. The fourth-order valence-electron chi connectivity index (χ4n) is 0.901. The Balaban J connectivity index is 2.73. The Morgan fingerprint density at radius 3 is 2.56 bits per heavy atom. The molecule has 0 spiro atoms. The van der Waals surface area contributed by atoms with Crippen molar-refractivity contribution in [3.8, 4) is 5.75 Å². The number of hydrogen-bond donors (Lipinski definition) is 0. The quantitative estimate of drug-likeness (QED) is 0.485. The van der Waals surface area contributed by atoms with Crippen molar-refractivity contribution in [3.05, 3.63) is 46.6 Å². The fraction of sp³-hybridized carbons (Fsp3) is 0. The Kier molecular flexibility index (Phi) is 4.91.